The molecule has 1 aliphatic rings. The molecule has 0 bridgehead atoms. The Balaban J connectivity index is 1.77. The van der Waals surface area contributed by atoms with Crippen LogP contribution >= 0.6 is 0 Å². The Kier molecular flexibility index (Phi) is 5.38. The minimum absolute atomic E-state index is 0.0606. The molecule has 2 aromatic rings. The number of nitrogens with one attached hydrogen (secondary N) is 1. The highest BCUT2D eigenvalue weighted by atomic mass is 19.1. The van der Waals surface area contributed by atoms with Crippen molar-refractivity contribution in [3.05, 3.63) is 48.0 Å². The van der Waals surface area contributed by atoms with Gasteiger partial charge in [-0.2, -0.15) is 0 Å². The van der Waals surface area contributed by atoms with Crippen LogP contribution in [0.1, 0.15) is 32.3 Å². The molecule has 4 heteroatoms. The SMILES string of the molecule is CC(C)(NC(=O)[C@H]1CCCN(CCF)C1)c1cccc2ccccc12. The molecule has 1 atom stereocenters. The van der Waals surface area contributed by atoms with Crippen molar-refractivity contribution in [1.82, 2.24) is 10.2 Å². The average Bonchev–Trinajstić information content (AvgIpc) is 2.61. The van der Waals surface area contributed by atoms with Crippen LogP contribution in [-0.2, 0) is 10.3 Å². The number of likely N-dealkylation sites (tertiary alicyclic amines) is 1. The van der Waals surface area contributed by atoms with E-state index in [2.05, 4.69) is 48.3 Å². The Morgan fingerprint density at radius 3 is 2.80 bits per heavy atom. The van der Waals surface area contributed by atoms with Crippen molar-refractivity contribution in [2.75, 3.05) is 26.3 Å². The summed E-state index contributed by atoms with van der Waals surface area (Å²) in [5.74, 6) is 0.0102. The number of nitrogens with zero attached hydrogens (tertiary/aromatic N) is 1. The molecule has 1 fully saturated rings. The van der Waals surface area contributed by atoms with E-state index in [9.17, 15) is 9.18 Å². The molecule has 1 aliphatic heterocycles. The average molecular weight is 342 g/mol. The summed E-state index contributed by atoms with van der Waals surface area (Å²) in [6.07, 6.45) is 1.83. The van der Waals surface area contributed by atoms with Gasteiger partial charge in [0.1, 0.15) is 6.67 Å². The topological polar surface area (TPSA) is 32.3 Å². The third-order valence-corrected chi connectivity index (χ3v) is 5.18. The fourth-order valence-corrected chi connectivity index (χ4v) is 3.84. The van der Waals surface area contributed by atoms with Crippen LogP contribution in [0.2, 0.25) is 0 Å². The summed E-state index contributed by atoms with van der Waals surface area (Å²) >= 11 is 0. The minimum Gasteiger partial charge on any atom is -0.347 e. The fourth-order valence-electron chi connectivity index (χ4n) is 3.84. The van der Waals surface area contributed by atoms with Crippen molar-refractivity contribution in [3.8, 4) is 0 Å². The molecule has 0 saturated carbocycles. The second-order valence-corrected chi connectivity index (χ2v) is 7.47. The third-order valence-electron chi connectivity index (χ3n) is 5.18. The van der Waals surface area contributed by atoms with Crippen LogP contribution in [0.4, 0.5) is 4.39 Å². The zero-order valence-corrected chi connectivity index (χ0v) is 15.1. The van der Waals surface area contributed by atoms with Gasteiger partial charge in [-0.3, -0.25) is 9.69 Å². The van der Waals surface area contributed by atoms with Crippen LogP contribution < -0.4 is 5.32 Å². The number of halogens is 1. The molecule has 0 unspecified atom stereocenters. The molecule has 134 valence electrons. The first-order valence-corrected chi connectivity index (χ1v) is 9.10. The van der Waals surface area contributed by atoms with Crippen molar-refractivity contribution in [3.63, 3.8) is 0 Å². The molecule has 2 aromatic carbocycles. The highest BCUT2D eigenvalue weighted by molar-refractivity contribution is 5.87. The van der Waals surface area contributed by atoms with Crippen molar-refractivity contribution >= 4 is 16.7 Å². The Morgan fingerprint density at radius 2 is 2.00 bits per heavy atom. The normalized spacial score (nSPS) is 19.1. The van der Waals surface area contributed by atoms with Gasteiger partial charge in [-0.25, -0.2) is 4.39 Å². The first-order valence-electron chi connectivity index (χ1n) is 9.10. The molecule has 3 nitrogen and oxygen atoms in total. The fraction of sp³-hybridized carbons (Fsp3) is 0.476. The largest absolute Gasteiger partial charge is 0.347 e. The van der Waals surface area contributed by atoms with Crippen LogP contribution in [0.3, 0.4) is 0 Å². The highest BCUT2D eigenvalue weighted by Crippen LogP contribution is 2.29. The maximum atomic E-state index is 12.8. The zero-order chi connectivity index (χ0) is 17.9. The lowest BCUT2D eigenvalue weighted by Gasteiger charge is -2.35. The maximum absolute atomic E-state index is 12.8. The Labute approximate surface area is 149 Å². The van der Waals surface area contributed by atoms with E-state index in [1.54, 1.807) is 0 Å². The third kappa shape index (κ3) is 4.01. The van der Waals surface area contributed by atoms with Crippen molar-refractivity contribution in [1.29, 1.82) is 0 Å². The molecule has 0 aliphatic carbocycles. The Morgan fingerprint density at radius 1 is 1.24 bits per heavy atom. The number of benzene rings is 2. The number of carbonyl (C=O) groups excluding carboxylic acids is 1. The summed E-state index contributed by atoms with van der Waals surface area (Å²) in [5, 5.41) is 5.58. The van der Waals surface area contributed by atoms with Gasteiger partial charge >= 0.3 is 0 Å². The summed E-state index contributed by atoms with van der Waals surface area (Å²) in [6, 6.07) is 14.5. The van der Waals surface area contributed by atoms with E-state index < -0.39 is 5.54 Å². The zero-order valence-electron chi connectivity index (χ0n) is 15.1. The minimum atomic E-state index is -0.458. The van der Waals surface area contributed by atoms with Crippen LogP contribution in [0.25, 0.3) is 10.8 Å². The lowest BCUT2D eigenvalue weighted by Crippen LogP contribution is -2.49. The summed E-state index contributed by atoms with van der Waals surface area (Å²) in [4.78, 5) is 14.9. The van der Waals surface area contributed by atoms with Gasteiger partial charge in [-0.15, -0.1) is 0 Å². The lowest BCUT2D eigenvalue weighted by atomic mass is 9.88. The predicted molar refractivity (Wildman–Crippen MR) is 100 cm³/mol. The summed E-state index contributed by atoms with van der Waals surface area (Å²) in [5.41, 5.74) is 0.663. The van der Waals surface area contributed by atoms with E-state index in [-0.39, 0.29) is 18.5 Å². The number of alkyl halides is 1. The van der Waals surface area contributed by atoms with Gasteiger partial charge in [0.2, 0.25) is 5.91 Å². The number of rotatable bonds is 5. The first kappa shape index (κ1) is 17.9. The molecule has 0 spiro atoms. The van der Waals surface area contributed by atoms with Crippen LogP contribution in [-0.4, -0.2) is 37.1 Å². The van der Waals surface area contributed by atoms with Crippen molar-refractivity contribution < 1.29 is 9.18 Å². The number of fused-ring (bicyclic) bond motifs is 1. The number of hydrogen-bond donors (Lipinski definition) is 1. The number of piperidine rings is 1. The molecule has 1 amide bonds. The lowest BCUT2D eigenvalue weighted by molar-refractivity contribution is -0.128. The molecule has 0 radical (unpaired) electrons. The standard InChI is InChI=1S/C21H27FN2O/c1-21(2,19-11-5-8-16-7-3-4-10-18(16)19)23-20(25)17-9-6-13-24(15-17)14-12-22/h3-5,7-8,10-11,17H,6,9,12-15H2,1-2H3,(H,23,25)/t17-/m0/s1. The summed E-state index contributed by atoms with van der Waals surface area (Å²) in [7, 11) is 0. The van der Waals surface area contributed by atoms with Crippen molar-refractivity contribution in [2.45, 2.75) is 32.2 Å². The van der Waals surface area contributed by atoms with E-state index in [1.807, 2.05) is 18.2 Å². The van der Waals surface area contributed by atoms with E-state index in [1.165, 1.54) is 5.39 Å². The van der Waals surface area contributed by atoms with Gasteiger partial charge in [-0.1, -0.05) is 42.5 Å². The van der Waals surface area contributed by atoms with Gasteiger partial charge in [0.05, 0.1) is 11.5 Å². The van der Waals surface area contributed by atoms with E-state index in [0.717, 1.165) is 30.3 Å². The van der Waals surface area contributed by atoms with Crippen LogP contribution in [0.5, 0.6) is 0 Å². The number of carbonyl (C=O) groups is 1. The maximum Gasteiger partial charge on any atom is 0.225 e. The molecule has 1 heterocycles. The van der Waals surface area contributed by atoms with Gasteiger partial charge in [0, 0.05) is 13.1 Å². The molecule has 0 aromatic heterocycles. The molecular formula is C21H27FN2O. The highest BCUT2D eigenvalue weighted by Gasteiger charge is 2.31. The molecule has 1 N–H and O–H groups in total. The van der Waals surface area contributed by atoms with Gasteiger partial charge in [0.25, 0.3) is 0 Å². The van der Waals surface area contributed by atoms with E-state index in [4.69, 9.17) is 0 Å². The van der Waals surface area contributed by atoms with Gasteiger partial charge < -0.3 is 5.32 Å². The summed E-state index contributed by atoms with van der Waals surface area (Å²) < 4.78 is 12.6. The summed E-state index contributed by atoms with van der Waals surface area (Å²) in [6.45, 7) is 5.72. The Hall–Kier alpha value is -1.94. The first-order chi connectivity index (χ1) is 12.0. The van der Waals surface area contributed by atoms with Gasteiger partial charge in [-0.05, 0) is 49.6 Å². The quantitative estimate of drug-likeness (QED) is 0.894. The van der Waals surface area contributed by atoms with E-state index in [0.29, 0.717) is 13.1 Å². The smallest absolute Gasteiger partial charge is 0.225 e. The number of hydrogen-bond acceptors (Lipinski definition) is 2. The predicted octanol–water partition coefficient (Wildman–Crippen LogP) is 3.87. The second kappa shape index (κ2) is 7.52. The van der Waals surface area contributed by atoms with Crippen molar-refractivity contribution in [2.24, 2.45) is 5.92 Å². The van der Waals surface area contributed by atoms with E-state index >= 15 is 0 Å². The second-order valence-electron chi connectivity index (χ2n) is 7.47. The van der Waals surface area contributed by atoms with Crippen LogP contribution in [0, 0.1) is 5.92 Å². The molecule has 1 saturated heterocycles. The monoisotopic (exact) mass is 342 g/mol. The number of amides is 1. The molecule has 25 heavy (non-hydrogen) atoms. The van der Waals surface area contributed by atoms with Gasteiger partial charge in [0.15, 0.2) is 0 Å². The van der Waals surface area contributed by atoms with Crippen LogP contribution in [0.15, 0.2) is 42.5 Å². The molecule has 3 rings (SSSR count). The molecular weight excluding hydrogens is 315 g/mol. The Bertz CT molecular complexity index is 736.